The van der Waals surface area contributed by atoms with Gasteiger partial charge in [0.25, 0.3) is 0 Å². The summed E-state index contributed by atoms with van der Waals surface area (Å²) in [6, 6.07) is 9.66. The monoisotopic (exact) mass is 422 g/mol. The van der Waals surface area contributed by atoms with E-state index in [2.05, 4.69) is 26.3 Å². The van der Waals surface area contributed by atoms with E-state index in [-0.39, 0.29) is 6.10 Å². The van der Waals surface area contributed by atoms with E-state index < -0.39 is 0 Å². The summed E-state index contributed by atoms with van der Waals surface area (Å²) in [6.07, 6.45) is 2.90. The number of aromatic nitrogens is 3. The molecule has 0 bridgehead atoms. The molecule has 3 rings (SSSR count). The highest BCUT2D eigenvalue weighted by Crippen LogP contribution is 2.30. The van der Waals surface area contributed by atoms with E-state index in [0.717, 1.165) is 46.8 Å². The van der Waals surface area contributed by atoms with Gasteiger partial charge >= 0.3 is 0 Å². The molecular formula is C18H20BrClN4O. The largest absolute Gasteiger partial charge is 0.379 e. The van der Waals surface area contributed by atoms with Crippen LogP contribution in [0.3, 0.4) is 0 Å². The number of benzene rings is 1. The molecule has 5 nitrogen and oxygen atoms in total. The molecule has 0 atom stereocenters. The molecule has 0 aliphatic carbocycles. The molecule has 0 aliphatic rings. The number of rotatable bonds is 7. The molecule has 0 amide bonds. The van der Waals surface area contributed by atoms with Crippen molar-refractivity contribution >= 4 is 39.0 Å². The molecule has 25 heavy (non-hydrogen) atoms. The fourth-order valence-corrected chi connectivity index (χ4v) is 3.06. The third-order valence-electron chi connectivity index (χ3n) is 3.66. The summed E-state index contributed by atoms with van der Waals surface area (Å²) in [7, 11) is 0. The van der Waals surface area contributed by atoms with Crippen molar-refractivity contribution in [2.45, 2.75) is 26.4 Å². The average Bonchev–Trinajstić information content (AvgIpc) is 2.96. The molecule has 3 aromatic rings. The molecule has 1 N–H and O–H groups in total. The van der Waals surface area contributed by atoms with Crippen molar-refractivity contribution in [3.63, 3.8) is 0 Å². The first-order chi connectivity index (χ1) is 12.1. The predicted molar refractivity (Wildman–Crippen MR) is 105 cm³/mol. The van der Waals surface area contributed by atoms with Crippen molar-refractivity contribution < 1.29 is 4.74 Å². The van der Waals surface area contributed by atoms with Crippen LogP contribution < -0.4 is 5.32 Å². The lowest BCUT2D eigenvalue weighted by molar-refractivity contribution is 0.0787. The number of hydrogen-bond donors (Lipinski definition) is 1. The van der Waals surface area contributed by atoms with Crippen LogP contribution in [0.25, 0.3) is 16.9 Å². The zero-order chi connectivity index (χ0) is 17.8. The van der Waals surface area contributed by atoms with Crippen LogP contribution in [-0.4, -0.2) is 33.9 Å². The van der Waals surface area contributed by atoms with Crippen LogP contribution >= 0.6 is 27.5 Å². The number of nitrogens with zero attached hydrogens (tertiary/aromatic N) is 3. The first-order valence-electron chi connectivity index (χ1n) is 8.21. The molecule has 0 aliphatic heterocycles. The van der Waals surface area contributed by atoms with Gasteiger partial charge in [-0.2, -0.15) is 9.61 Å². The van der Waals surface area contributed by atoms with Crippen molar-refractivity contribution in [3.05, 3.63) is 46.0 Å². The van der Waals surface area contributed by atoms with Crippen LogP contribution in [0.4, 0.5) is 5.82 Å². The highest BCUT2D eigenvalue weighted by atomic mass is 79.9. The second-order valence-corrected chi connectivity index (χ2v) is 7.20. The van der Waals surface area contributed by atoms with Crippen LogP contribution in [0.15, 0.2) is 41.0 Å². The van der Waals surface area contributed by atoms with Gasteiger partial charge in [0.15, 0.2) is 5.65 Å². The Morgan fingerprint density at radius 1 is 1.32 bits per heavy atom. The minimum absolute atomic E-state index is 0.251. The van der Waals surface area contributed by atoms with E-state index in [0.29, 0.717) is 5.02 Å². The Hall–Kier alpha value is -1.63. The summed E-state index contributed by atoms with van der Waals surface area (Å²) in [6.45, 7) is 5.58. The van der Waals surface area contributed by atoms with E-state index >= 15 is 0 Å². The molecule has 0 saturated carbocycles. The van der Waals surface area contributed by atoms with Gasteiger partial charge in [0.1, 0.15) is 5.82 Å². The van der Waals surface area contributed by atoms with Gasteiger partial charge in [-0.25, -0.2) is 4.98 Å². The molecule has 7 heteroatoms. The molecule has 0 radical (unpaired) electrons. The lowest BCUT2D eigenvalue weighted by atomic mass is 10.1. The quantitative estimate of drug-likeness (QED) is 0.541. The number of fused-ring (bicyclic) bond motifs is 1. The lowest BCUT2D eigenvalue weighted by Gasteiger charge is -2.12. The second-order valence-electron chi connectivity index (χ2n) is 5.93. The maximum atomic E-state index is 6.34. The second kappa shape index (κ2) is 8.17. The zero-order valence-corrected chi connectivity index (χ0v) is 16.5. The predicted octanol–water partition coefficient (Wildman–Crippen LogP) is 5.04. The van der Waals surface area contributed by atoms with Crippen LogP contribution in [-0.2, 0) is 4.74 Å². The molecule has 0 saturated heterocycles. The molecule has 2 heterocycles. The Kier molecular flexibility index (Phi) is 5.93. The highest BCUT2D eigenvalue weighted by Gasteiger charge is 2.13. The molecular weight excluding hydrogens is 404 g/mol. The summed E-state index contributed by atoms with van der Waals surface area (Å²) < 4.78 is 8.21. The third-order valence-corrected chi connectivity index (χ3v) is 4.55. The summed E-state index contributed by atoms with van der Waals surface area (Å²) in [5.41, 5.74) is 2.45. The van der Waals surface area contributed by atoms with Gasteiger partial charge in [-0.05, 0) is 42.3 Å². The summed E-state index contributed by atoms with van der Waals surface area (Å²) in [4.78, 5) is 4.70. The first-order valence-corrected chi connectivity index (χ1v) is 9.38. The fraction of sp³-hybridized carbons (Fsp3) is 0.333. The van der Waals surface area contributed by atoms with E-state index in [1.165, 1.54) is 0 Å². The SMILES string of the molecule is CC(C)OCCCNc1cc(-c2ccccc2Cl)nc2c(Br)cnn12. The molecule has 0 spiro atoms. The van der Waals surface area contributed by atoms with Crippen molar-refractivity contribution in [1.82, 2.24) is 14.6 Å². The van der Waals surface area contributed by atoms with E-state index in [1.807, 2.05) is 44.2 Å². The highest BCUT2D eigenvalue weighted by molar-refractivity contribution is 9.10. The van der Waals surface area contributed by atoms with Gasteiger partial charge in [-0.1, -0.05) is 29.8 Å². The van der Waals surface area contributed by atoms with Crippen molar-refractivity contribution in [1.29, 1.82) is 0 Å². The smallest absolute Gasteiger partial charge is 0.172 e. The Labute approximate surface area is 160 Å². The molecule has 2 aromatic heterocycles. The molecule has 1 aromatic carbocycles. The van der Waals surface area contributed by atoms with Crippen LogP contribution in [0.1, 0.15) is 20.3 Å². The van der Waals surface area contributed by atoms with Crippen molar-refractivity contribution in [3.8, 4) is 11.3 Å². The van der Waals surface area contributed by atoms with E-state index in [1.54, 1.807) is 10.7 Å². The number of anilines is 1. The summed E-state index contributed by atoms with van der Waals surface area (Å²) in [5.74, 6) is 0.871. The number of ether oxygens (including phenoxy) is 1. The minimum atomic E-state index is 0.251. The molecule has 0 fully saturated rings. The Bertz CT molecular complexity index is 865. The Balaban J connectivity index is 1.88. The van der Waals surface area contributed by atoms with Gasteiger partial charge in [-0.3, -0.25) is 0 Å². The Morgan fingerprint density at radius 3 is 2.88 bits per heavy atom. The van der Waals surface area contributed by atoms with E-state index in [9.17, 15) is 0 Å². The summed E-state index contributed by atoms with van der Waals surface area (Å²) in [5, 5.41) is 8.48. The number of nitrogens with one attached hydrogen (secondary N) is 1. The van der Waals surface area contributed by atoms with Gasteiger partial charge in [-0.15, -0.1) is 0 Å². The minimum Gasteiger partial charge on any atom is -0.379 e. The van der Waals surface area contributed by atoms with Gasteiger partial charge in [0, 0.05) is 29.8 Å². The number of hydrogen-bond acceptors (Lipinski definition) is 4. The normalized spacial score (nSPS) is 11.4. The zero-order valence-electron chi connectivity index (χ0n) is 14.2. The Morgan fingerprint density at radius 2 is 2.12 bits per heavy atom. The van der Waals surface area contributed by atoms with Gasteiger partial charge in [0.2, 0.25) is 0 Å². The van der Waals surface area contributed by atoms with Crippen LogP contribution in [0, 0.1) is 0 Å². The van der Waals surface area contributed by atoms with E-state index in [4.69, 9.17) is 21.3 Å². The third kappa shape index (κ3) is 4.32. The fourth-order valence-electron chi connectivity index (χ4n) is 2.48. The van der Waals surface area contributed by atoms with Crippen molar-refractivity contribution in [2.24, 2.45) is 0 Å². The van der Waals surface area contributed by atoms with Crippen LogP contribution in [0.5, 0.6) is 0 Å². The summed E-state index contributed by atoms with van der Waals surface area (Å²) >= 11 is 9.85. The van der Waals surface area contributed by atoms with Crippen LogP contribution in [0.2, 0.25) is 5.02 Å². The standard InChI is InChI=1S/C18H20BrClN4O/c1-12(2)25-9-5-8-21-17-10-16(13-6-3-4-7-15(13)20)23-18-14(19)11-22-24(17)18/h3-4,6-7,10-12,21H,5,8-9H2,1-2H3. The van der Waals surface area contributed by atoms with Gasteiger partial charge < -0.3 is 10.1 Å². The number of halogens is 2. The first kappa shape index (κ1) is 18.2. The maximum Gasteiger partial charge on any atom is 0.172 e. The van der Waals surface area contributed by atoms with Crippen molar-refractivity contribution in [2.75, 3.05) is 18.5 Å². The topological polar surface area (TPSA) is 51.5 Å². The maximum absolute atomic E-state index is 6.34. The molecule has 0 unspecified atom stereocenters. The average molecular weight is 424 g/mol. The molecule has 132 valence electrons. The van der Waals surface area contributed by atoms with Gasteiger partial charge in [0.05, 0.1) is 22.5 Å². The lowest BCUT2D eigenvalue weighted by Crippen LogP contribution is -2.12.